The van der Waals surface area contributed by atoms with E-state index in [0.29, 0.717) is 5.92 Å². The first-order valence-electron chi connectivity index (χ1n) is 7.05. The van der Waals surface area contributed by atoms with Crippen LogP contribution in [0, 0.1) is 0 Å². The van der Waals surface area contributed by atoms with E-state index >= 15 is 0 Å². The third-order valence-corrected chi connectivity index (χ3v) is 3.41. The highest BCUT2D eigenvalue weighted by molar-refractivity contribution is 5.62. The minimum Gasteiger partial charge on any atom is -0.384 e. The van der Waals surface area contributed by atoms with E-state index in [9.17, 15) is 0 Å². The Balaban J connectivity index is 2.21. The van der Waals surface area contributed by atoms with Gasteiger partial charge in [-0.2, -0.15) is 5.10 Å². The average molecular weight is 257 g/mol. The first-order chi connectivity index (χ1) is 9.11. The zero-order valence-electron chi connectivity index (χ0n) is 12.1. The summed E-state index contributed by atoms with van der Waals surface area (Å²) < 4.78 is 1.90. The molecular weight excluding hydrogens is 234 g/mol. The highest BCUT2D eigenvalue weighted by atomic mass is 15.3. The van der Waals surface area contributed by atoms with Gasteiger partial charge in [-0.15, -0.1) is 0 Å². The third-order valence-electron chi connectivity index (χ3n) is 3.41. The molecule has 0 saturated heterocycles. The van der Waals surface area contributed by atoms with Gasteiger partial charge in [-0.3, -0.25) is 0 Å². The van der Waals surface area contributed by atoms with Gasteiger partial charge in [0.15, 0.2) is 0 Å². The van der Waals surface area contributed by atoms with Crippen LogP contribution in [0.4, 0.5) is 5.82 Å². The van der Waals surface area contributed by atoms with Gasteiger partial charge in [0.05, 0.1) is 5.69 Å². The number of unbranched alkanes of at least 4 members (excludes halogenated alkanes) is 1. The van der Waals surface area contributed by atoms with Crippen molar-refractivity contribution in [1.29, 1.82) is 0 Å². The number of nitrogens with two attached hydrogens (primary N) is 1. The van der Waals surface area contributed by atoms with E-state index < -0.39 is 0 Å². The van der Waals surface area contributed by atoms with E-state index in [0.717, 1.165) is 36.5 Å². The van der Waals surface area contributed by atoms with Crippen molar-refractivity contribution in [3.63, 3.8) is 0 Å². The van der Waals surface area contributed by atoms with Crippen LogP contribution in [-0.2, 0) is 6.54 Å². The molecule has 3 heteroatoms. The number of nitrogens with zero attached hydrogens (tertiary/aromatic N) is 2. The Morgan fingerprint density at radius 2 is 1.89 bits per heavy atom. The molecule has 0 aliphatic carbocycles. The van der Waals surface area contributed by atoms with Crippen LogP contribution >= 0.6 is 0 Å². The molecule has 2 N–H and O–H groups in total. The number of rotatable bonds is 5. The maximum Gasteiger partial charge on any atom is 0.122 e. The smallest absolute Gasteiger partial charge is 0.122 e. The van der Waals surface area contributed by atoms with Gasteiger partial charge in [-0.25, -0.2) is 4.68 Å². The summed E-state index contributed by atoms with van der Waals surface area (Å²) in [6.07, 6.45) is 2.26. The summed E-state index contributed by atoms with van der Waals surface area (Å²) in [6.45, 7) is 7.47. The summed E-state index contributed by atoms with van der Waals surface area (Å²) in [4.78, 5) is 0. The molecule has 0 amide bonds. The van der Waals surface area contributed by atoms with Crippen LogP contribution in [0.25, 0.3) is 11.3 Å². The molecule has 19 heavy (non-hydrogen) atoms. The lowest BCUT2D eigenvalue weighted by Crippen LogP contribution is -2.04. The van der Waals surface area contributed by atoms with E-state index in [2.05, 4.69) is 50.1 Å². The molecule has 3 nitrogen and oxygen atoms in total. The van der Waals surface area contributed by atoms with Crippen LogP contribution in [0.2, 0.25) is 0 Å². The molecular formula is C16H23N3. The molecule has 0 saturated carbocycles. The van der Waals surface area contributed by atoms with Gasteiger partial charge in [0.1, 0.15) is 5.82 Å². The minimum atomic E-state index is 0.557. The van der Waals surface area contributed by atoms with Gasteiger partial charge in [-0.05, 0) is 17.9 Å². The summed E-state index contributed by atoms with van der Waals surface area (Å²) in [6, 6.07) is 10.5. The molecule has 0 fully saturated rings. The minimum absolute atomic E-state index is 0.557. The molecule has 0 bridgehead atoms. The van der Waals surface area contributed by atoms with Gasteiger partial charge in [0.2, 0.25) is 0 Å². The maximum absolute atomic E-state index is 6.00. The molecule has 102 valence electrons. The topological polar surface area (TPSA) is 43.8 Å². The van der Waals surface area contributed by atoms with Crippen molar-refractivity contribution in [3.05, 3.63) is 35.9 Å². The Hall–Kier alpha value is -1.77. The molecule has 0 unspecified atom stereocenters. The van der Waals surface area contributed by atoms with Gasteiger partial charge < -0.3 is 5.73 Å². The fraction of sp³-hybridized carbons (Fsp3) is 0.438. The predicted molar refractivity (Wildman–Crippen MR) is 81.1 cm³/mol. The second-order valence-corrected chi connectivity index (χ2v) is 5.31. The third kappa shape index (κ3) is 3.16. The van der Waals surface area contributed by atoms with Crippen molar-refractivity contribution in [2.75, 3.05) is 5.73 Å². The molecule has 0 atom stereocenters. The number of nitrogen functional groups attached to an aromatic ring is 1. The Bertz CT molecular complexity index is 523. The molecule has 0 aliphatic rings. The molecule has 1 aromatic heterocycles. The van der Waals surface area contributed by atoms with Crippen LogP contribution in [0.15, 0.2) is 30.3 Å². The van der Waals surface area contributed by atoms with Crippen LogP contribution in [0.3, 0.4) is 0 Å². The summed E-state index contributed by atoms with van der Waals surface area (Å²) in [5, 5.41) is 4.58. The zero-order valence-corrected chi connectivity index (χ0v) is 12.1. The molecule has 1 heterocycles. The van der Waals surface area contributed by atoms with E-state index in [1.54, 1.807) is 0 Å². The lowest BCUT2D eigenvalue weighted by molar-refractivity contribution is 0.580. The van der Waals surface area contributed by atoms with Crippen LogP contribution in [0.5, 0.6) is 0 Å². The number of hydrogen-bond acceptors (Lipinski definition) is 2. The molecule has 0 spiro atoms. The lowest BCUT2D eigenvalue weighted by Gasteiger charge is -2.05. The number of aromatic nitrogens is 2. The number of hydrogen-bond donors (Lipinski definition) is 1. The predicted octanol–water partition coefficient (Wildman–Crippen LogP) is 4.06. The van der Waals surface area contributed by atoms with E-state index in [1.807, 2.05) is 10.7 Å². The second-order valence-electron chi connectivity index (χ2n) is 5.31. The monoisotopic (exact) mass is 257 g/mol. The summed E-state index contributed by atoms with van der Waals surface area (Å²) >= 11 is 0. The van der Waals surface area contributed by atoms with Gasteiger partial charge in [0.25, 0.3) is 0 Å². The summed E-state index contributed by atoms with van der Waals surface area (Å²) in [7, 11) is 0. The standard InChI is InChI=1S/C16H23N3/c1-4-5-10-19-16(17)11-15(18-19)14-8-6-13(7-9-14)12(2)3/h6-9,11-12H,4-5,10,17H2,1-3H3. The van der Waals surface area contributed by atoms with Crippen molar-refractivity contribution in [2.24, 2.45) is 0 Å². The normalized spacial score (nSPS) is 11.2. The Morgan fingerprint density at radius 1 is 1.21 bits per heavy atom. The highest BCUT2D eigenvalue weighted by Gasteiger charge is 2.07. The fourth-order valence-corrected chi connectivity index (χ4v) is 2.10. The fourth-order valence-electron chi connectivity index (χ4n) is 2.10. The second kappa shape index (κ2) is 5.91. The van der Waals surface area contributed by atoms with Gasteiger partial charge >= 0.3 is 0 Å². The van der Waals surface area contributed by atoms with E-state index in [1.165, 1.54) is 5.56 Å². The van der Waals surface area contributed by atoms with Crippen LogP contribution in [0.1, 0.15) is 45.1 Å². The molecule has 2 aromatic rings. The largest absolute Gasteiger partial charge is 0.384 e. The molecule has 0 aliphatic heterocycles. The first kappa shape index (κ1) is 13.7. The van der Waals surface area contributed by atoms with Crippen molar-refractivity contribution < 1.29 is 0 Å². The summed E-state index contributed by atoms with van der Waals surface area (Å²) in [5.41, 5.74) is 9.44. The Morgan fingerprint density at radius 3 is 2.47 bits per heavy atom. The average Bonchev–Trinajstić information content (AvgIpc) is 2.78. The Kier molecular flexibility index (Phi) is 4.25. The van der Waals surface area contributed by atoms with Crippen molar-refractivity contribution in [3.8, 4) is 11.3 Å². The number of anilines is 1. The van der Waals surface area contributed by atoms with Crippen LogP contribution in [-0.4, -0.2) is 9.78 Å². The maximum atomic E-state index is 6.00. The first-order valence-corrected chi connectivity index (χ1v) is 7.05. The Labute approximate surface area is 115 Å². The molecule has 0 radical (unpaired) electrons. The van der Waals surface area contributed by atoms with E-state index in [4.69, 9.17) is 5.73 Å². The highest BCUT2D eigenvalue weighted by Crippen LogP contribution is 2.23. The van der Waals surface area contributed by atoms with Crippen molar-refractivity contribution in [2.45, 2.75) is 46.1 Å². The quantitative estimate of drug-likeness (QED) is 0.878. The molecule has 2 rings (SSSR count). The van der Waals surface area contributed by atoms with Gasteiger partial charge in [0, 0.05) is 18.2 Å². The van der Waals surface area contributed by atoms with Crippen molar-refractivity contribution >= 4 is 5.82 Å². The summed E-state index contributed by atoms with van der Waals surface area (Å²) in [5.74, 6) is 1.30. The van der Waals surface area contributed by atoms with Crippen LogP contribution < -0.4 is 5.73 Å². The van der Waals surface area contributed by atoms with Crippen molar-refractivity contribution in [1.82, 2.24) is 9.78 Å². The number of benzene rings is 1. The molecule has 1 aromatic carbocycles. The van der Waals surface area contributed by atoms with Gasteiger partial charge in [-0.1, -0.05) is 51.5 Å². The van der Waals surface area contributed by atoms with E-state index in [-0.39, 0.29) is 0 Å². The zero-order chi connectivity index (χ0) is 13.8. The SMILES string of the molecule is CCCCn1nc(-c2ccc(C(C)C)cc2)cc1N. The number of aryl methyl sites for hydroxylation is 1. The lowest BCUT2D eigenvalue weighted by atomic mass is 10.0.